The highest BCUT2D eigenvalue weighted by molar-refractivity contribution is 7.99. The van der Waals surface area contributed by atoms with Gasteiger partial charge < -0.3 is 11.1 Å². The summed E-state index contributed by atoms with van der Waals surface area (Å²) in [6.07, 6.45) is 0.622. The number of amides is 1. The molecule has 7 heteroatoms. The van der Waals surface area contributed by atoms with E-state index < -0.39 is 5.54 Å². The SMILES string of the molecule is CNC(C)(CC(C)Sc1n[nH]c(C)n1)C(N)=O. The summed E-state index contributed by atoms with van der Waals surface area (Å²) in [5, 5.41) is 10.7. The second-order valence-electron chi connectivity index (χ2n) is 4.28. The minimum atomic E-state index is -0.697. The van der Waals surface area contributed by atoms with Gasteiger partial charge in [0.2, 0.25) is 11.1 Å². The number of nitrogens with two attached hydrogens (primary N) is 1. The summed E-state index contributed by atoms with van der Waals surface area (Å²) in [5.74, 6) is 0.435. The first-order valence-corrected chi connectivity index (χ1v) is 6.30. The molecule has 0 bridgehead atoms. The van der Waals surface area contributed by atoms with Crippen molar-refractivity contribution in [1.82, 2.24) is 20.5 Å². The van der Waals surface area contributed by atoms with Crippen LogP contribution in [-0.2, 0) is 4.79 Å². The normalized spacial score (nSPS) is 16.5. The molecule has 17 heavy (non-hydrogen) atoms. The summed E-state index contributed by atoms with van der Waals surface area (Å²) in [4.78, 5) is 15.6. The Balaban J connectivity index is 2.59. The largest absolute Gasteiger partial charge is 0.368 e. The molecular formula is C10H19N5OS. The molecule has 4 N–H and O–H groups in total. The number of carbonyl (C=O) groups excluding carboxylic acids is 1. The summed E-state index contributed by atoms with van der Waals surface area (Å²) < 4.78 is 0. The lowest BCUT2D eigenvalue weighted by Crippen LogP contribution is -2.52. The van der Waals surface area contributed by atoms with Crippen molar-refractivity contribution in [2.75, 3.05) is 7.05 Å². The Hall–Kier alpha value is -1.08. The van der Waals surface area contributed by atoms with Gasteiger partial charge in [-0.15, -0.1) is 5.10 Å². The quantitative estimate of drug-likeness (QED) is 0.643. The van der Waals surface area contributed by atoms with Crippen LogP contribution in [0.3, 0.4) is 0 Å². The summed E-state index contributed by atoms with van der Waals surface area (Å²) in [5.41, 5.74) is 4.68. The van der Waals surface area contributed by atoms with Crippen LogP contribution in [0.2, 0.25) is 0 Å². The van der Waals surface area contributed by atoms with E-state index in [0.717, 1.165) is 5.82 Å². The molecule has 1 rings (SSSR count). The molecule has 0 aliphatic rings. The van der Waals surface area contributed by atoms with E-state index in [-0.39, 0.29) is 11.2 Å². The zero-order valence-corrected chi connectivity index (χ0v) is 11.4. The van der Waals surface area contributed by atoms with Crippen LogP contribution in [0, 0.1) is 6.92 Å². The highest BCUT2D eigenvalue weighted by Crippen LogP contribution is 2.26. The van der Waals surface area contributed by atoms with Crippen molar-refractivity contribution in [2.24, 2.45) is 5.73 Å². The molecule has 0 spiro atoms. The van der Waals surface area contributed by atoms with Crippen molar-refractivity contribution < 1.29 is 4.79 Å². The number of hydrogen-bond donors (Lipinski definition) is 3. The number of thioether (sulfide) groups is 1. The van der Waals surface area contributed by atoms with E-state index in [1.165, 1.54) is 11.8 Å². The smallest absolute Gasteiger partial charge is 0.237 e. The second-order valence-corrected chi connectivity index (χ2v) is 5.69. The van der Waals surface area contributed by atoms with Crippen molar-refractivity contribution in [3.05, 3.63) is 5.82 Å². The van der Waals surface area contributed by atoms with Crippen LogP contribution >= 0.6 is 11.8 Å². The molecule has 0 saturated heterocycles. The van der Waals surface area contributed by atoms with Gasteiger partial charge in [-0.2, -0.15) is 0 Å². The Labute approximate surface area is 105 Å². The van der Waals surface area contributed by atoms with Crippen molar-refractivity contribution in [3.63, 3.8) is 0 Å². The molecule has 1 amide bonds. The van der Waals surface area contributed by atoms with Crippen molar-refractivity contribution in [3.8, 4) is 0 Å². The van der Waals surface area contributed by atoms with Crippen molar-refractivity contribution in [1.29, 1.82) is 0 Å². The standard InChI is InChI=1S/C10H19N5OS/c1-6(5-10(3,12-4)8(11)16)17-9-13-7(2)14-15-9/h6,12H,5H2,1-4H3,(H2,11,16)(H,13,14,15). The number of carbonyl (C=O) groups is 1. The molecule has 0 aliphatic carbocycles. The number of nitrogens with zero attached hydrogens (tertiary/aromatic N) is 2. The average molecular weight is 257 g/mol. The molecule has 6 nitrogen and oxygen atoms in total. The molecule has 0 radical (unpaired) electrons. The first-order valence-electron chi connectivity index (χ1n) is 5.42. The summed E-state index contributed by atoms with van der Waals surface area (Å²) in [6, 6.07) is 0. The van der Waals surface area contributed by atoms with E-state index in [1.807, 2.05) is 13.8 Å². The van der Waals surface area contributed by atoms with Crippen LogP contribution in [0.4, 0.5) is 0 Å². The van der Waals surface area contributed by atoms with Crippen molar-refractivity contribution in [2.45, 2.75) is 43.1 Å². The van der Waals surface area contributed by atoms with Crippen LogP contribution in [0.25, 0.3) is 0 Å². The van der Waals surface area contributed by atoms with E-state index in [4.69, 9.17) is 5.73 Å². The molecule has 0 saturated carbocycles. The number of aromatic amines is 1. The van der Waals surface area contributed by atoms with Gasteiger partial charge in [0, 0.05) is 5.25 Å². The molecule has 96 valence electrons. The molecule has 2 unspecified atom stereocenters. The third-order valence-corrected chi connectivity index (χ3v) is 3.64. The van der Waals surface area contributed by atoms with Crippen LogP contribution in [0.1, 0.15) is 26.1 Å². The minimum absolute atomic E-state index is 0.190. The van der Waals surface area contributed by atoms with E-state index >= 15 is 0 Å². The number of aryl methyl sites for hydroxylation is 1. The van der Waals surface area contributed by atoms with Gasteiger partial charge in [0.1, 0.15) is 5.82 Å². The lowest BCUT2D eigenvalue weighted by Gasteiger charge is -2.27. The van der Waals surface area contributed by atoms with E-state index in [0.29, 0.717) is 11.6 Å². The highest BCUT2D eigenvalue weighted by Gasteiger charge is 2.31. The molecule has 1 aromatic heterocycles. The second kappa shape index (κ2) is 5.50. The molecule has 2 atom stereocenters. The first kappa shape index (κ1) is 14.0. The monoisotopic (exact) mass is 257 g/mol. The van der Waals surface area contributed by atoms with E-state index in [9.17, 15) is 4.79 Å². The van der Waals surface area contributed by atoms with Crippen LogP contribution in [0.5, 0.6) is 0 Å². The lowest BCUT2D eigenvalue weighted by molar-refractivity contribution is -0.123. The number of hydrogen-bond acceptors (Lipinski definition) is 5. The van der Waals surface area contributed by atoms with Gasteiger partial charge in [0.05, 0.1) is 5.54 Å². The van der Waals surface area contributed by atoms with Gasteiger partial charge >= 0.3 is 0 Å². The van der Waals surface area contributed by atoms with Gasteiger partial charge in [-0.1, -0.05) is 18.7 Å². The lowest BCUT2D eigenvalue weighted by atomic mass is 9.95. The summed E-state index contributed by atoms with van der Waals surface area (Å²) in [7, 11) is 1.74. The van der Waals surface area contributed by atoms with Crippen LogP contribution in [-0.4, -0.2) is 38.9 Å². The van der Waals surface area contributed by atoms with E-state index in [2.05, 4.69) is 20.5 Å². The Bertz CT molecular complexity index is 394. The maximum absolute atomic E-state index is 11.4. The Kier molecular flexibility index (Phi) is 4.53. The summed E-state index contributed by atoms with van der Waals surface area (Å²) >= 11 is 1.52. The predicted molar refractivity (Wildman–Crippen MR) is 67.7 cm³/mol. The third-order valence-electron chi connectivity index (χ3n) is 2.67. The Morgan fingerprint density at radius 2 is 2.35 bits per heavy atom. The maximum atomic E-state index is 11.4. The van der Waals surface area contributed by atoms with Gasteiger partial charge in [0.25, 0.3) is 0 Å². The number of aromatic nitrogens is 3. The fraction of sp³-hybridized carbons (Fsp3) is 0.700. The molecule has 0 aliphatic heterocycles. The number of nitrogens with one attached hydrogen (secondary N) is 2. The van der Waals surface area contributed by atoms with Gasteiger partial charge in [-0.05, 0) is 27.3 Å². The zero-order valence-electron chi connectivity index (χ0n) is 10.6. The first-order chi connectivity index (χ1) is 7.87. The molecule has 1 aromatic rings. The zero-order chi connectivity index (χ0) is 13.1. The molecule has 0 fully saturated rings. The summed E-state index contributed by atoms with van der Waals surface area (Å²) in [6.45, 7) is 5.67. The predicted octanol–water partition coefficient (Wildman–Crippen LogP) is 0.447. The maximum Gasteiger partial charge on any atom is 0.237 e. The van der Waals surface area contributed by atoms with Gasteiger partial charge in [-0.25, -0.2) is 4.98 Å². The van der Waals surface area contributed by atoms with Crippen LogP contribution < -0.4 is 11.1 Å². The molecular weight excluding hydrogens is 238 g/mol. The van der Waals surface area contributed by atoms with Crippen LogP contribution in [0.15, 0.2) is 5.16 Å². The van der Waals surface area contributed by atoms with Crippen molar-refractivity contribution >= 4 is 17.7 Å². The average Bonchev–Trinajstić information content (AvgIpc) is 2.63. The molecule has 0 aromatic carbocycles. The molecule has 1 heterocycles. The fourth-order valence-electron chi connectivity index (χ4n) is 1.50. The number of rotatable bonds is 6. The topological polar surface area (TPSA) is 96.7 Å². The minimum Gasteiger partial charge on any atom is -0.368 e. The fourth-order valence-corrected chi connectivity index (χ4v) is 2.56. The van der Waals surface area contributed by atoms with E-state index in [1.54, 1.807) is 14.0 Å². The number of H-pyrrole nitrogens is 1. The Morgan fingerprint density at radius 3 is 2.76 bits per heavy atom. The highest BCUT2D eigenvalue weighted by atomic mass is 32.2. The number of likely N-dealkylation sites (N-methyl/N-ethyl adjacent to an activating group) is 1. The third kappa shape index (κ3) is 3.71. The number of primary amides is 1. The van der Waals surface area contributed by atoms with Gasteiger partial charge in [0.15, 0.2) is 0 Å². The Morgan fingerprint density at radius 1 is 1.71 bits per heavy atom. The van der Waals surface area contributed by atoms with Gasteiger partial charge in [-0.3, -0.25) is 9.89 Å².